The minimum atomic E-state index is -3.17. The summed E-state index contributed by atoms with van der Waals surface area (Å²) in [6.45, 7) is 0. The molecule has 0 spiro atoms. The van der Waals surface area contributed by atoms with Crippen molar-refractivity contribution in [2.45, 2.75) is 36.9 Å². The molecule has 1 unspecified atom stereocenters. The number of rotatable bonds is 11. The Hall–Kier alpha value is 3.33. The van der Waals surface area contributed by atoms with Gasteiger partial charge in [0.25, 0.3) is 0 Å². The van der Waals surface area contributed by atoms with Crippen LogP contribution in [0.5, 0.6) is 0 Å². The molecule has 0 aromatic rings. The molecule has 1 atom stereocenters. The third-order valence-electron chi connectivity index (χ3n) is 2.85. The van der Waals surface area contributed by atoms with E-state index < -0.39 is 72.7 Å². The van der Waals surface area contributed by atoms with Crippen LogP contribution in [0.25, 0.3) is 0 Å². The number of hydrogen-bond acceptors (Lipinski definition) is 8. The van der Waals surface area contributed by atoms with E-state index in [1.165, 1.54) is 0 Å². The molecule has 0 heterocycles. The maximum absolute atomic E-state index is 11.7. The molecule has 0 saturated carbocycles. The Morgan fingerprint density at radius 3 is 1.17 bits per heavy atom. The van der Waals surface area contributed by atoms with Crippen molar-refractivity contribution in [3.05, 3.63) is 0 Å². The van der Waals surface area contributed by atoms with E-state index in [-0.39, 0.29) is 206 Å². The Labute approximate surface area is 333 Å². The van der Waals surface area contributed by atoms with Crippen molar-refractivity contribution >= 4 is 241 Å². The monoisotopic (exact) mass is 526 g/mol. The molecule has 29 heavy (non-hydrogen) atoms. The van der Waals surface area contributed by atoms with Gasteiger partial charge in [-0.3, -0.25) is 19.2 Å². The van der Waals surface area contributed by atoms with Crippen LogP contribution in [-0.2, 0) is 33.5 Å². The molecule has 0 aliphatic rings. The van der Waals surface area contributed by atoms with Crippen molar-refractivity contribution < 1.29 is 64.1 Å². The molecule has 0 amide bonds. The van der Waals surface area contributed by atoms with Gasteiger partial charge in [0.15, 0.2) is 5.60 Å². The van der Waals surface area contributed by atoms with E-state index in [9.17, 15) is 33.9 Å². The first-order valence-electron chi connectivity index (χ1n) is 6.30. The van der Waals surface area contributed by atoms with Crippen LogP contribution in [0.4, 0.5) is 0 Å². The summed E-state index contributed by atoms with van der Waals surface area (Å²) in [6.07, 6.45) is -5.94. The average Bonchev–Trinajstić information content (AvgIpc) is 2.34. The number of aliphatic carboxylic acids is 5. The molecular formula is C12H18K4O13. The topological polar surface area (TPSA) is 233 Å². The number of carboxylic acid groups (broad SMARTS) is 5. The Morgan fingerprint density at radius 2 is 0.931 bits per heavy atom. The second-order valence-corrected chi connectivity index (χ2v) is 5.00. The van der Waals surface area contributed by atoms with Gasteiger partial charge in [-0.25, -0.2) is 9.59 Å². The van der Waals surface area contributed by atoms with Crippen LogP contribution in [0.2, 0.25) is 0 Å². The summed E-state index contributed by atoms with van der Waals surface area (Å²) in [5, 5.41) is 53.5. The maximum atomic E-state index is 11.7. The molecular weight excluding hydrogens is 509 g/mol. The van der Waals surface area contributed by atoms with Gasteiger partial charge in [0.2, 0.25) is 5.60 Å². The van der Waals surface area contributed by atoms with E-state index in [2.05, 4.69) is 4.74 Å². The SMILES string of the molecule is O=C(O)CC(O)(CC(=O)OC(CC(=O)O)(CC(=O)O)C(=O)O)C(=O)O.[KH].[KH].[KH].[KH]. The van der Waals surface area contributed by atoms with Gasteiger partial charge in [0.05, 0.1) is 25.7 Å². The fourth-order valence-corrected chi connectivity index (χ4v) is 1.77. The molecule has 6 N–H and O–H groups in total. The number of aliphatic hydroxyl groups is 1. The Morgan fingerprint density at radius 1 is 0.586 bits per heavy atom. The van der Waals surface area contributed by atoms with Crippen LogP contribution >= 0.6 is 0 Å². The number of esters is 1. The van der Waals surface area contributed by atoms with Crippen LogP contribution in [0.3, 0.4) is 0 Å². The molecule has 0 radical (unpaired) electrons. The Bertz CT molecular complexity index is 607. The van der Waals surface area contributed by atoms with Gasteiger partial charge >= 0.3 is 241 Å². The third-order valence-corrected chi connectivity index (χ3v) is 2.85. The predicted octanol–water partition coefficient (Wildman–Crippen LogP) is -4.61. The Balaban J connectivity index is -0.000000480. The number of ether oxygens (including phenoxy) is 1. The fourth-order valence-electron chi connectivity index (χ4n) is 1.77. The summed E-state index contributed by atoms with van der Waals surface area (Å²) in [7, 11) is 0. The van der Waals surface area contributed by atoms with Gasteiger partial charge in [0.1, 0.15) is 0 Å². The summed E-state index contributed by atoms with van der Waals surface area (Å²) in [5.41, 5.74) is -6.24. The molecule has 0 aromatic carbocycles. The van der Waals surface area contributed by atoms with Crippen LogP contribution in [0, 0.1) is 0 Å². The van der Waals surface area contributed by atoms with Gasteiger partial charge in [-0.05, 0) is 0 Å². The van der Waals surface area contributed by atoms with Crippen molar-refractivity contribution in [1.82, 2.24) is 0 Å². The molecule has 13 nitrogen and oxygen atoms in total. The molecule has 0 bridgehead atoms. The predicted molar refractivity (Wildman–Crippen MR) is 99.0 cm³/mol. The summed E-state index contributed by atoms with van der Waals surface area (Å²) in [4.78, 5) is 66.0. The molecule has 0 aromatic heterocycles. The molecule has 17 heteroatoms. The van der Waals surface area contributed by atoms with Crippen LogP contribution < -0.4 is 0 Å². The second-order valence-electron chi connectivity index (χ2n) is 5.00. The number of hydrogen-bond donors (Lipinski definition) is 6. The number of carbonyl (C=O) groups is 6. The fraction of sp³-hybridized carbons (Fsp3) is 0.500. The van der Waals surface area contributed by atoms with Crippen molar-refractivity contribution in [1.29, 1.82) is 0 Å². The Kier molecular flexibility index (Phi) is 28.7. The number of carboxylic acids is 5. The van der Waals surface area contributed by atoms with Crippen molar-refractivity contribution in [3.63, 3.8) is 0 Å². The number of carbonyl (C=O) groups excluding carboxylic acids is 1. The van der Waals surface area contributed by atoms with Crippen LogP contribution in [0.1, 0.15) is 25.7 Å². The molecule has 0 rings (SSSR count). The van der Waals surface area contributed by atoms with Crippen LogP contribution in [-0.4, -0.2) is 283 Å². The van der Waals surface area contributed by atoms with Crippen LogP contribution in [0.15, 0.2) is 0 Å². The molecule has 0 aliphatic carbocycles. The minimum absolute atomic E-state index is 0. The molecule has 0 saturated heterocycles. The summed E-state index contributed by atoms with van der Waals surface area (Å²) in [5.74, 6) is -11.6. The average molecular weight is 527 g/mol. The quantitative estimate of drug-likeness (QED) is 0.110. The zero-order valence-corrected chi connectivity index (χ0v) is 12.4. The first-order valence-corrected chi connectivity index (χ1v) is 6.30. The summed E-state index contributed by atoms with van der Waals surface area (Å²) >= 11 is 0. The van der Waals surface area contributed by atoms with Gasteiger partial charge in [-0.2, -0.15) is 0 Å². The first kappa shape index (κ1) is 42.5. The normalized spacial score (nSPS) is 11.5. The summed E-state index contributed by atoms with van der Waals surface area (Å²) < 4.78 is 4.33. The zero-order valence-electron chi connectivity index (χ0n) is 12.4. The van der Waals surface area contributed by atoms with E-state index >= 15 is 0 Å². The molecule has 0 aliphatic heterocycles. The van der Waals surface area contributed by atoms with E-state index in [1.54, 1.807) is 0 Å². The van der Waals surface area contributed by atoms with E-state index in [0.717, 1.165) is 0 Å². The third kappa shape index (κ3) is 16.6. The van der Waals surface area contributed by atoms with E-state index in [4.69, 9.17) is 25.5 Å². The van der Waals surface area contributed by atoms with Gasteiger partial charge in [0, 0.05) is 0 Å². The van der Waals surface area contributed by atoms with E-state index in [0.29, 0.717) is 0 Å². The second kappa shape index (κ2) is 19.6. The molecule has 148 valence electrons. The standard InChI is InChI=1S/C12H14O13.4K.4H/c13-5(14)1-11(24,9(20)21)4-8(19)25-12(10(22)23,2-6(15)16)3-7(17)18;;;;;;;;/h24H,1-4H2,(H,13,14)(H,15,16)(H,17,18)(H,20,21)(H,22,23);;;;;;;;. The van der Waals surface area contributed by atoms with Gasteiger partial charge in [-0.1, -0.05) is 0 Å². The van der Waals surface area contributed by atoms with Crippen molar-refractivity contribution in [2.75, 3.05) is 0 Å². The van der Waals surface area contributed by atoms with Crippen molar-refractivity contribution in [3.8, 4) is 0 Å². The summed E-state index contributed by atoms with van der Waals surface area (Å²) in [6, 6.07) is 0. The van der Waals surface area contributed by atoms with Gasteiger partial charge < -0.3 is 35.4 Å². The van der Waals surface area contributed by atoms with Crippen molar-refractivity contribution in [2.24, 2.45) is 0 Å². The first-order chi connectivity index (χ1) is 11.2. The van der Waals surface area contributed by atoms with Gasteiger partial charge in [-0.15, -0.1) is 0 Å². The molecule has 0 fully saturated rings. The zero-order chi connectivity index (χ0) is 20.0. The van der Waals surface area contributed by atoms with E-state index in [1.807, 2.05) is 0 Å².